The van der Waals surface area contributed by atoms with E-state index in [0.29, 0.717) is 19.0 Å². The number of hydrogen-bond acceptors (Lipinski definition) is 3. The molecule has 1 aromatic carbocycles. The Morgan fingerprint density at radius 2 is 2.00 bits per heavy atom. The number of nitrogens with one attached hydrogen (secondary N) is 3. The summed E-state index contributed by atoms with van der Waals surface area (Å²) in [7, 11) is 1.67. The second-order valence-electron chi connectivity index (χ2n) is 6.23. The van der Waals surface area contributed by atoms with Crippen molar-refractivity contribution in [1.29, 1.82) is 0 Å². The Hall–Kier alpha value is -2.24. The van der Waals surface area contributed by atoms with E-state index >= 15 is 0 Å². The van der Waals surface area contributed by atoms with Crippen molar-refractivity contribution in [3.63, 3.8) is 0 Å². The summed E-state index contributed by atoms with van der Waals surface area (Å²) in [5.41, 5.74) is 1.25. The normalized spacial score (nSPS) is 14.1. The van der Waals surface area contributed by atoms with E-state index < -0.39 is 0 Å². The molecule has 1 aliphatic rings. The molecular weight excluding hydrogens is 316 g/mol. The Bertz CT molecular complexity index is 553. The zero-order valence-corrected chi connectivity index (χ0v) is 15.3. The van der Waals surface area contributed by atoms with Crippen molar-refractivity contribution in [2.45, 2.75) is 45.1 Å². The molecule has 1 saturated carbocycles. The fraction of sp³-hybridized carbons (Fsp3) is 0.579. The molecule has 0 radical (unpaired) electrons. The summed E-state index contributed by atoms with van der Waals surface area (Å²) < 4.78 is 5.17. The average Bonchev–Trinajstić information content (AvgIpc) is 3.43. The highest BCUT2D eigenvalue weighted by molar-refractivity contribution is 5.80. The van der Waals surface area contributed by atoms with Gasteiger partial charge in [0.05, 0.1) is 7.11 Å². The van der Waals surface area contributed by atoms with Crippen molar-refractivity contribution in [3.8, 4) is 5.75 Å². The number of nitrogens with zero attached hydrogens (tertiary/aromatic N) is 1. The highest BCUT2D eigenvalue weighted by Gasteiger charge is 2.22. The highest BCUT2D eigenvalue weighted by Crippen LogP contribution is 2.18. The molecule has 0 aromatic heterocycles. The molecule has 0 unspecified atom stereocenters. The van der Waals surface area contributed by atoms with E-state index in [1.54, 1.807) is 7.11 Å². The minimum atomic E-state index is 0.148. The second kappa shape index (κ2) is 10.6. The van der Waals surface area contributed by atoms with Gasteiger partial charge in [0.2, 0.25) is 5.91 Å². The molecule has 1 amide bonds. The molecule has 138 valence electrons. The molecule has 2 rings (SSSR count). The van der Waals surface area contributed by atoms with Crippen LogP contribution in [0.4, 0.5) is 0 Å². The van der Waals surface area contributed by atoms with Gasteiger partial charge in [-0.3, -0.25) is 9.79 Å². The standard InChI is InChI=1S/C19H30N4O2/c1-3-20-19(21-13-4-5-18(24)23-16-8-9-16)22-14-12-15-6-10-17(25-2)11-7-15/h6-7,10-11,16H,3-5,8-9,12-14H2,1-2H3,(H,23,24)(H2,20,21,22). The smallest absolute Gasteiger partial charge is 0.220 e. The lowest BCUT2D eigenvalue weighted by Gasteiger charge is -2.11. The third-order valence-electron chi connectivity index (χ3n) is 3.98. The van der Waals surface area contributed by atoms with Gasteiger partial charge in [-0.2, -0.15) is 0 Å². The number of benzene rings is 1. The summed E-state index contributed by atoms with van der Waals surface area (Å²) in [4.78, 5) is 16.2. The summed E-state index contributed by atoms with van der Waals surface area (Å²) in [5.74, 6) is 1.83. The molecule has 3 N–H and O–H groups in total. The van der Waals surface area contributed by atoms with E-state index in [0.717, 1.165) is 50.5 Å². The number of methoxy groups -OCH3 is 1. The van der Waals surface area contributed by atoms with Gasteiger partial charge in [0.15, 0.2) is 5.96 Å². The molecule has 0 spiro atoms. The number of hydrogen-bond donors (Lipinski definition) is 3. The van der Waals surface area contributed by atoms with E-state index in [1.165, 1.54) is 5.56 Å². The number of aliphatic imine (C=N–C) groups is 1. The molecule has 1 aliphatic carbocycles. The van der Waals surface area contributed by atoms with Crippen molar-refractivity contribution in [1.82, 2.24) is 16.0 Å². The van der Waals surface area contributed by atoms with Gasteiger partial charge in [-0.15, -0.1) is 0 Å². The molecule has 1 fully saturated rings. The minimum Gasteiger partial charge on any atom is -0.497 e. The maximum Gasteiger partial charge on any atom is 0.220 e. The Labute approximate surface area is 150 Å². The number of guanidine groups is 1. The Balaban J connectivity index is 1.66. The first-order valence-electron chi connectivity index (χ1n) is 9.15. The van der Waals surface area contributed by atoms with Gasteiger partial charge in [-0.1, -0.05) is 12.1 Å². The minimum absolute atomic E-state index is 0.148. The van der Waals surface area contributed by atoms with Gasteiger partial charge >= 0.3 is 0 Å². The fourth-order valence-electron chi connectivity index (χ4n) is 2.42. The van der Waals surface area contributed by atoms with E-state index in [2.05, 4.69) is 33.1 Å². The van der Waals surface area contributed by atoms with Crippen LogP contribution < -0.4 is 20.7 Å². The topological polar surface area (TPSA) is 74.8 Å². The van der Waals surface area contributed by atoms with Crippen LogP contribution in [0, 0.1) is 0 Å². The number of rotatable bonds is 10. The summed E-state index contributed by atoms with van der Waals surface area (Å²) in [6.45, 7) is 4.32. The Morgan fingerprint density at radius 3 is 2.64 bits per heavy atom. The molecule has 6 nitrogen and oxygen atoms in total. The van der Waals surface area contributed by atoms with Crippen LogP contribution in [0.3, 0.4) is 0 Å². The van der Waals surface area contributed by atoms with E-state index in [1.807, 2.05) is 19.1 Å². The predicted octanol–water partition coefficient (Wildman–Crippen LogP) is 1.85. The van der Waals surface area contributed by atoms with Crippen molar-refractivity contribution >= 4 is 11.9 Å². The number of ether oxygens (including phenoxy) is 1. The van der Waals surface area contributed by atoms with Gasteiger partial charge in [-0.05, 0) is 50.3 Å². The second-order valence-corrected chi connectivity index (χ2v) is 6.23. The number of carbonyl (C=O) groups is 1. The molecule has 0 atom stereocenters. The summed E-state index contributed by atoms with van der Waals surface area (Å²) in [5, 5.41) is 9.57. The molecule has 0 saturated heterocycles. The van der Waals surface area contributed by atoms with Gasteiger partial charge in [0, 0.05) is 32.1 Å². The zero-order valence-electron chi connectivity index (χ0n) is 15.3. The lowest BCUT2D eigenvalue weighted by atomic mass is 10.1. The van der Waals surface area contributed by atoms with Gasteiger partial charge in [-0.25, -0.2) is 0 Å². The number of amides is 1. The highest BCUT2D eigenvalue weighted by atomic mass is 16.5. The van der Waals surface area contributed by atoms with E-state index in [9.17, 15) is 4.79 Å². The van der Waals surface area contributed by atoms with E-state index in [-0.39, 0.29) is 5.91 Å². The average molecular weight is 346 g/mol. The SMILES string of the molecule is CCNC(=NCCCC(=O)NC1CC1)NCCc1ccc(OC)cc1. The first-order chi connectivity index (χ1) is 12.2. The van der Waals surface area contributed by atoms with Crippen molar-refractivity contribution in [2.75, 3.05) is 26.7 Å². The third kappa shape index (κ3) is 7.92. The summed E-state index contributed by atoms with van der Waals surface area (Å²) in [6.07, 6.45) is 4.50. The van der Waals surface area contributed by atoms with Gasteiger partial charge in [0.25, 0.3) is 0 Å². The lowest BCUT2D eigenvalue weighted by Crippen LogP contribution is -2.38. The van der Waals surface area contributed by atoms with Crippen LogP contribution in [-0.2, 0) is 11.2 Å². The van der Waals surface area contributed by atoms with Crippen LogP contribution in [0.5, 0.6) is 5.75 Å². The van der Waals surface area contributed by atoms with Crippen LogP contribution in [0.2, 0.25) is 0 Å². The molecule has 6 heteroatoms. The van der Waals surface area contributed by atoms with Gasteiger partial charge in [0.1, 0.15) is 5.75 Å². The molecular formula is C19H30N4O2. The summed E-state index contributed by atoms with van der Waals surface area (Å²) >= 11 is 0. The lowest BCUT2D eigenvalue weighted by molar-refractivity contribution is -0.121. The zero-order chi connectivity index (χ0) is 17.9. The number of carbonyl (C=O) groups excluding carboxylic acids is 1. The summed E-state index contributed by atoms with van der Waals surface area (Å²) in [6, 6.07) is 8.53. The van der Waals surface area contributed by atoms with Crippen molar-refractivity contribution in [2.24, 2.45) is 4.99 Å². The van der Waals surface area contributed by atoms with Crippen LogP contribution in [0.25, 0.3) is 0 Å². The van der Waals surface area contributed by atoms with Crippen LogP contribution in [0.15, 0.2) is 29.3 Å². The molecule has 0 heterocycles. The monoisotopic (exact) mass is 346 g/mol. The fourth-order valence-corrected chi connectivity index (χ4v) is 2.42. The molecule has 1 aromatic rings. The predicted molar refractivity (Wildman–Crippen MR) is 101 cm³/mol. The molecule has 0 aliphatic heterocycles. The third-order valence-corrected chi connectivity index (χ3v) is 3.98. The van der Waals surface area contributed by atoms with Gasteiger partial charge < -0.3 is 20.7 Å². The molecule has 0 bridgehead atoms. The van der Waals surface area contributed by atoms with Crippen LogP contribution in [0.1, 0.15) is 38.2 Å². The van der Waals surface area contributed by atoms with E-state index in [4.69, 9.17) is 4.74 Å². The van der Waals surface area contributed by atoms with Crippen molar-refractivity contribution in [3.05, 3.63) is 29.8 Å². The van der Waals surface area contributed by atoms with Crippen molar-refractivity contribution < 1.29 is 9.53 Å². The maximum atomic E-state index is 11.6. The Morgan fingerprint density at radius 1 is 1.24 bits per heavy atom. The molecule has 25 heavy (non-hydrogen) atoms. The largest absolute Gasteiger partial charge is 0.497 e. The quantitative estimate of drug-likeness (QED) is 0.343. The first kappa shape index (κ1) is 19.1. The maximum absolute atomic E-state index is 11.6. The van der Waals surface area contributed by atoms with Crippen LogP contribution in [-0.4, -0.2) is 44.7 Å². The first-order valence-corrected chi connectivity index (χ1v) is 9.15. The van der Waals surface area contributed by atoms with Crippen LogP contribution >= 0.6 is 0 Å². The Kier molecular flexibility index (Phi) is 8.09.